The number of sulfone groups is 1. The van der Waals surface area contributed by atoms with Gasteiger partial charge in [0.2, 0.25) is 0 Å². The SMILES string of the molecule is CS(=O)(=O)c1ccccc1-c1sc(Sc2cccc(Cl)c2)nc1-c1ccc(F)cc1. The number of thiazole rings is 1. The van der Waals surface area contributed by atoms with E-state index in [9.17, 15) is 12.8 Å². The molecule has 30 heavy (non-hydrogen) atoms. The van der Waals surface area contributed by atoms with Crippen molar-refractivity contribution in [3.63, 3.8) is 0 Å². The zero-order valence-electron chi connectivity index (χ0n) is 15.7. The van der Waals surface area contributed by atoms with Gasteiger partial charge in [0, 0.05) is 27.3 Å². The van der Waals surface area contributed by atoms with Gasteiger partial charge in [0.1, 0.15) is 5.82 Å². The van der Waals surface area contributed by atoms with E-state index in [1.165, 1.54) is 41.5 Å². The summed E-state index contributed by atoms with van der Waals surface area (Å²) in [5.74, 6) is -0.347. The number of hydrogen-bond donors (Lipinski definition) is 0. The number of benzene rings is 3. The molecular weight excluding hydrogens is 461 g/mol. The average Bonchev–Trinajstić information content (AvgIpc) is 3.11. The lowest BCUT2D eigenvalue weighted by Gasteiger charge is -2.08. The highest BCUT2D eigenvalue weighted by Crippen LogP contribution is 2.44. The van der Waals surface area contributed by atoms with Crippen LogP contribution in [-0.2, 0) is 9.84 Å². The van der Waals surface area contributed by atoms with Gasteiger partial charge < -0.3 is 0 Å². The van der Waals surface area contributed by atoms with Crippen molar-refractivity contribution in [2.24, 2.45) is 0 Å². The fourth-order valence-electron chi connectivity index (χ4n) is 2.94. The molecule has 0 amide bonds. The third kappa shape index (κ3) is 4.59. The van der Waals surface area contributed by atoms with Gasteiger partial charge in [-0.1, -0.05) is 47.6 Å². The molecule has 0 N–H and O–H groups in total. The number of rotatable bonds is 5. The fraction of sp³-hybridized carbons (Fsp3) is 0.0455. The first kappa shape index (κ1) is 21.1. The van der Waals surface area contributed by atoms with Gasteiger partial charge in [0.25, 0.3) is 0 Å². The molecule has 3 aromatic carbocycles. The quantitative estimate of drug-likeness (QED) is 0.317. The molecule has 152 valence electrons. The molecule has 4 aromatic rings. The monoisotopic (exact) mass is 475 g/mol. The summed E-state index contributed by atoms with van der Waals surface area (Å²) in [6, 6.07) is 20.3. The maximum atomic E-state index is 13.5. The van der Waals surface area contributed by atoms with Crippen molar-refractivity contribution < 1.29 is 12.8 Å². The highest BCUT2D eigenvalue weighted by atomic mass is 35.5. The van der Waals surface area contributed by atoms with E-state index in [1.807, 2.05) is 18.2 Å². The minimum absolute atomic E-state index is 0.233. The van der Waals surface area contributed by atoms with Crippen molar-refractivity contribution in [3.05, 3.63) is 83.6 Å². The van der Waals surface area contributed by atoms with E-state index in [-0.39, 0.29) is 10.7 Å². The topological polar surface area (TPSA) is 47.0 Å². The molecule has 0 radical (unpaired) electrons. The molecule has 0 bridgehead atoms. The lowest BCUT2D eigenvalue weighted by molar-refractivity contribution is 0.602. The largest absolute Gasteiger partial charge is 0.229 e. The molecule has 0 saturated heterocycles. The molecule has 1 aromatic heterocycles. The Kier molecular flexibility index (Phi) is 5.97. The Labute approximate surface area is 187 Å². The highest BCUT2D eigenvalue weighted by Gasteiger charge is 2.21. The van der Waals surface area contributed by atoms with Crippen LogP contribution in [0.4, 0.5) is 4.39 Å². The van der Waals surface area contributed by atoms with Crippen LogP contribution in [0.1, 0.15) is 0 Å². The summed E-state index contributed by atoms with van der Waals surface area (Å²) in [6.45, 7) is 0. The van der Waals surface area contributed by atoms with E-state index in [2.05, 4.69) is 0 Å². The van der Waals surface area contributed by atoms with Crippen molar-refractivity contribution in [1.82, 2.24) is 4.98 Å². The van der Waals surface area contributed by atoms with Crippen molar-refractivity contribution in [1.29, 1.82) is 0 Å². The van der Waals surface area contributed by atoms with E-state index in [4.69, 9.17) is 16.6 Å². The normalized spacial score (nSPS) is 11.6. The molecule has 0 atom stereocenters. The highest BCUT2D eigenvalue weighted by molar-refractivity contribution is 8.01. The lowest BCUT2D eigenvalue weighted by Crippen LogP contribution is -1.99. The molecule has 4 rings (SSSR count). The molecule has 0 fully saturated rings. The summed E-state index contributed by atoms with van der Waals surface area (Å²) in [7, 11) is -3.45. The second-order valence-corrected chi connectivity index (χ2v) is 11.2. The van der Waals surface area contributed by atoms with Gasteiger partial charge in [-0.15, -0.1) is 11.3 Å². The Hall–Kier alpha value is -2.19. The first-order chi connectivity index (χ1) is 14.3. The van der Waals surface area contributed by atoms with E-state index in [0.717, 1.165) is 9.24 Å². The molecule has 0 aliphatic carbocycles. The van der Waals surface area contributed by atoms with Gasteiger partial charge in [-0.05, 0) is 48.5 Å². The Balaban J connectivity index is 1.89. The van der Waals surface area contributed by atoms with Crippen molar-refractivity contribution in [3.8, 4) is 21.7 Å². The second-order valence-electron chi connectivity index (χ2n) is 6.49. The van der Waals surface area contributed by atoms with Crippen molar-refractivity contribution in [2.75, 3.05) is 6.26 Å². The van der Waals surface area contributed by atoms with Gasteiger partial charge >= 0.3 is 0 Å². The molecule has 0 aliphatic heterocycles. The summed E-state index contributed by atoms with van der Waals surface area (Å²) in [5, 5.41) is 0.623. The molecule has 3 nitrogen and oxygen atoms in total. The number of hydrogen-bond acceptors (Lipinski definition) is 5. The van der Waals surface area contributed by atoms with Gasteiger partial charge in [-0.2, -0.15) is 0 Å². The van der Waals surface area contributed by atoms with Gasteiger partial charge in [0.05, 0.1) is 15.5 Å². The fourth-order valence-corrected chi connectivity index (χ4v) is 6.39. The second kappa shape index (κ2) is 8.51. The number of aromatic nitrogens is 1. The predicted molar refractivity (Wildman–Crippen MR) is 122 cm³/mol. The Morgan fingerprint density at radius 2 is 1.73 bits per heavy atom. The van der Waals surface area contributed by atoms with E-state index < -0.39 is 9.84 Å². The van der Waals surface area contributed by atoms with Crippen LogP contribution < -0.4 is 0 Å². The Bertz CT molecular complexity index is 1320. The van der Waals surface area contributed by atoms with E-state index in [1.54, 1.807) is 42.5 Å². The van der Waals surface area contributed by atoms with Crippen LogP contribution >= 0.6 is 34.7 Å². The lowest BCUT2D eigenvalue weighted by atomic mass is 10.1. The third-order valence-corrected chi connectivity index (χ3v) is 7.79. The Morgan fingerprint density at radius 1 is 1.00 bits per heavy atom. The number of halogens is 2. The van der Waals surface area contributed by atoms with Gasteiger partial charge in [-0.3, -0.25) is 0 Å². The first-order valence-electron chi connectivity index (χ1n) is 8.81. The molecule has 0 unspecified atom stereocenters. The maximum absolute atomic E-state index is 13.5. The summed E-state index contributed by atoms with van der Waals surface area (Å²) in [6.07, 6.45) is 1.19. The van der Waals surface area contributed by atoms with E-state index >= 15 is 0 Å². The number of nitrogens with zero attached hydrogens (tertiary/aromatic N) is 1. The van der Waals surface area contributed by atoms with Crippen molar-refractivity contribution >= 4 is 44.5 Å². The van der Waals surface area contributed by atoms with E-state index in [0.29, 0.717) is 26.7 Å². The minimum Gasteiger partial charge on any atom is -0.229 e. The van der Waals surface area contributed by atoms with Crippen LogP contribution in [0, 0.1) is 5.82 Å². The zero-order valence-corrected chi connectivity index (χ0v) is 18.9. The molecule has 0 aliphatic rings. The van der Waals surface area contributed by atoms with Crippen LogP contribution in [0.25, 0.3) is 21.7 Å². The average molecular weight is 476 g/mol. The first-order valence-corrected chi connectivity index (χ1v) is 12.7. The zero-order chi connectivity index (χ0) is 21.3. The van der Waals surface area contributed by atoms with Crippen molar-refractivity contribution in [2.45, 2.75) is 14.1 Å². The molecule has 0 saturated carbocycles. The summed E-state index contributed by atoms with van der Waals surface area (Å²) >= 11 is 8.93. The van der Waals surface area contributed by atoms with Gasteiger partial charge in [0.15, 0.2) is 14.2 Å². The molecular formula is C22H15ClFNO2S3. The summed E-state index contributed by atoms with van der Waals surface area (Å²) in [5.41, 5.74) is 1.90. The molecule has 8 heteroatoms. The summed E-state index contributed by atoms with van der Waals surface area (Å²) in [4.78, 5) is 6.62. The van der Waals surface area contributed by atoms with Crippen LogP contribution in [0.2, 0.25) is 5.02 Å². The smallest absolute Gasteiger partial charge is 0.176 e. The van der Waals surface area contributed by atoms with Crippen LogP contribution in [0.3, 0.4) is 0 Å². The van der Waals surface area contributed by atoms with Crippen LogP contribution in [0.15, 0.2) is 86.9 Å². The maximum Gasteiger partial charge on any atom is 0.176 e. The Morgan fingerprint density at radius 3 is 2.43 bits per heavy atom. The minimum atomic E-state index is -3.45. The summed E-state index contributed by atoms with van der Waals surface area (Å²) < 4.78 is 38.9. The predicted octanol–water partition coefficient (Wildman–Crippen LogP) is 6.82. The third-order valence-electron chi connectivity index (χ3n) is 4.26. The standard InChI is InChI=1S/C22H15ClFNO2S3/c1-30(26,27)19-8-3-2-7-18(19)21-20(14-9-11-16(24)12-10-14)25-22(29-21)28-17-6-4-5-15(23)13-17/h2-13H,1H3. The van der Waals surface area contributed by atoms with Crippen LogP contribution in [-0.4, -0.2) is 19.7 Å². The molecule has 1 heterocycles. The van der Waals surface area contributed by atoms with Crippen LogP contribution in [0.5, 0.6) is 0 Å². The molecule has 0 spiro atoms. The van der Waals surface area contributed by atoms with Gasteiger partial charge in [-0.25, -0.2) is 17.8 Å².